The smallest absolute Gasteiger partial charge is 0.329 e. The lowest BCUT2D eigenvalue weighted by Crippen LogP contribution is -2.43. The van der Waals surface area contributed by atoms with E-state index in [0.717, 1.165) is 104 Å². The minimum atomic E-state index is -0.996. The Balaban J connectivity index is 2.31. The average Bonchev–Trinajstić information content (AvgIpc) is 3.32. The molecule has 396 valence electrons. The Morgan fingerprint density at radius 2 is 0.821 bits per heavy atom. The van der Waals surface area contributed by atoms with E-state index in [1.807, 2.05) is 0 Å². The molecule has 0 aromatic rings. The van der Waals surface area contributed by atoms with Crippen molar-refractivity contribution in [3.63, 3.8) is 0 Å². The zero-order chi connectivity index (χ0) is 48.2. The van der Waals surface area contributed by atoms with Crippen molar-refractivity contribution in [1.29, 1.82) is 0 Å². The fourth-order valence-electron chi connectivity index (χ4n) is 9.31. The monoisotopic (exact) mass is 948 g/mol. The number of carbonyl (C=O) groups is 3. The molecular weight excluding hydrogens is 835 g/mol. The average molecular weight is 949 g/mol. The van der Waals surface area contributed by atoms with Crippen molar-refractivity contribution in [2.75, 3.05) is 72.1 Å². The predicted octanol–water partition coefficient (Wildman–Crippen LogP) is 13.3. The van der Waals surface area contributed by atoms with Crippen molar-refractivity contribution in [3.8, 4) is 0 Å². The van der Waals surface area contributed by atoms with E-state index in [1.54, 1.807) is 0 Å². The third-order valence-electron chi connectivity index (χ3n) is 13.7. The number of hydrogen-bond donors (Lipinski definition) is 4. The van der Waals surface area contributed by atoms with Crippen molar-refractivity contribution in [1.82, 2.24) is 26.2 Å². The molecule has 0 aromatic carbocycles. The summed E-state index contributed by atoms with van der Waals surface area (Å²) < 4.78 is 11.2. The van der Waals surface area contributed by atoms with Gasteiger partial charge in [-0.2, -0.15) is 0 Å². The molecule has 1 saturated heterocycles. The number of rotatable bonds is 45. The molecule has 1 amide bonds. The summed E-state index contributed by atoms with van der Waals surface area (Å²) in [5.74, 6) is -1.14. The topological polar surface area (TPSA) is 121 Å². The van der Waals surface area contributed by atoms with Gasteiger partial charge in [0.1, 0.15) is 6.04 Å². The summed E-state index contributed by atoms with van der Waals surface area (Å²) in [6, 6.07) is -0.996. The molecule has 1 unspecified atom stereocenters. The number of amides is 1. The number of unbranched alkanes of at least 4 members (excludes halogenated alkanes) is 33. The maximum atomic E-state index is 13.2. The Morgan fingerprint density at radius 1 is 0.433 bits per heavy atom. The molecule has 1 fully saturated rings. The van der Waals surface area contributed by atoms with E-state index in [2.05, 4.69) is 40.0 Å². The van der Waals surface area contributed by atoms with Crippen LogP contribution in [0, 0.1) is 0 Å². The Labute approximate surface area is 415 Å². The van der Waals surface area contributed by atoms with Crippen LogP contribution >= 0.6 is 0 Å². The van der Waals surface area contributed by atoms with Gasteiger partial charge in [-0.25, -0.2) is 4.79 Å². The highest BCUT2D eigenvalue weighted by Crippen LogP contribution is 2.16. The highest BCUT2D eigenvalue weighted by Gasteiger charge is 2.26. The van der Waals surface area contributed by atoms with Gasteiger partial charge in [0.05, 0.1) is 19.6 Å². The third-order valence-corrected chi connectivity index (χ3v) is 13.7. The zero-order valence-electron chi connectivity index (χ0n) is 44.6. The highest BCUT2D eigenvalue weighted by molar-refractivity contribution is 5.88. The van der Waals surface area contributed by atoms with Crippen LogP contribution in [-0.4, -0.2) is 101 Å². The Hall–Kier alpha value is -1.75. The summed E-state index contributed by atoms with van der Waals surface area (Å²) in [4.78, 5) is 41.8. The Morgan fingerprint density at radius 3 is 1.30 bits per heavy atom. The molecule has 1 atom stereocenters. The lowest BCUT2D eigenvalue weighted by Gasteiger charge is -2.23. The number of nitrogens with one attached hydrogen (secondary N) is 4. The zero-order valence-corrected chi connectivity index (χ0v) is 44.6. The Kier molecular flexibility index (Phi) is 49.2. The van der Waals surface area contributed by atoms with E-state index in [0.29, 0.717) is 19.6 Å². The van der Waals surface area contributed by atoms with Gasteiger partial charge < -0.3 is 35.6 Å². The SMILES string of the molecule is CCCCCCCCCCCCCCCCOC(=O)CC(NC(=O)CCCCCCCCCCN1CCCNCCNCCCNCC1)C(=O)OCCCCCCCCCCCCCCCC. The maximum absolute atomic E-state index is 13.2. The molecule has 0 bridgehead atoms. The van der Waals surface area contributed by atoms with Gasteiger partial charge in [-0.05, 0) is 71.2 Å². The van der Waals surface area contributed by atoms with Crippen molar-refractivity contribution < 1.29 is 23.9 Å². The van der Waals surface area contributed by atoms with Gasteiger partial charge >= 0.3 is 11.9 Å². The van der Waals surface area contributed by atoms with Crippen LogP contribution in [-0.2, 0) is 23.9 Å². The third kappa shape index (κ3) is 46.4. The molecule has 1 rings (SSSR count). The van der Waals surface area contributed by atoms with E-state index < -0.39 is 18.0 Å². The van der Waals surface area contributed by atoms with E-state index in [4.69, 9.17) is 9.47 Å². The van der Waals surface area contributed by atoms with Crippen LogP contribution in [0.5, 0.6) is 0 Å². The first-order valence-electron chi connectivity index (χ1n) is 29.5. The molecule has 1 heterocycles. The van der Waals surface area contributed by atoms with Crippen LogP contribution in [0.3, 0.4) is 0 Å². The first kappa shape index (κ1) is 63.3. The minimum absolute atomic E-state index is 0.175. The number of hydrogen-bond acceptors (Lipinski definition) is 9. The molecular formula is C57H113N5O5. The number of nitrogens with zero attached hydrogens (tertiary/aromatic N) is 1. The molecule has 1 aliphatic rings. The normalized spacial score (nSPS) is 15.0. The van der Waals surface area contributed by atoms with Crippen LogP contribution in [0.4, 0.5) is 0 Å². The van der Waals surface area contributed by atoms with E-state index in [-0.39, 0.29) is 12.3 Å². The van der Waals surface area contributed by atoms with Crippen LogP contribution < -0.4 is 21.3 Å². The largest absolute Gasteiger partial charge is 0.466 e. The van der Waals surface area contributed by atoms with Crippen LogP contribution in [0.15, 0.2) is 0 Å². The number of esters is 2. The van der Waals surface area contributed by atoms with Crippen LogP contribution in [0.1, 0.15) is 271 Å². The van der Waals surface area contributed by atoms with Crippen LogP contribution in [0.25, 0.3) is 0 Å². The second-order valence-corrected chi connectivity index (χ2v) is 20.3. The van der Waals surface area contributed by atoms with Gasteiger partial charge in [-0.1, -0.05) is 219 Å². The standard InChI is InChI=1S/C57H113N5O5/c1-3-5-7-9-11-13-15-17-19-21-25-29-33-37-51-66-56(64)53-54(57(65)67-52-38-34-30-26-22-20-18-16-14-12-10-8-6-4-2)61-55(63)41-35-31-27-23-24-28-32-36-48-62-49-40-44-59-46-45-58-42-39-43-60-47-50-62/h54,58-60H,3-53H2,1-2H3,(H,61,63). The molecule has 0 saturated carbocycles. The highest BCUT2D eigenvalue weighted by atomic mass is 16.5. The number of carbonyl (C=O) groups excluding carboxylic acids is 3. The second kappa shape index (κ2) is 52.1. The van der Waals surface area contributed by atoms with E-state index >= 15 is 0 Å². The van der Waals surface area contributed by atoms with Gasteiger partial charge in [0, 0.05) is 32.6 Å². The molecule has 67 heavy (non-hydrogen) atoms. The van der Waals surface area contributed by atoms with Gasteiger partial charge in [0.2, 0.25) is 5.91 Å². The lowest BCUT2D eigenvalue weighted by atomic mass is 10.0. The summed E-state index contributed by atoms with van der Waals surface area (Å²) in [5, 5.41) is 13.5. The summed E-state index contributed by atoms with van der Waals surface area (Å²) >= 11 is 0. The van der Waals surface area contributed by atoms with Gasteiger partial charge in [0.25, 0.3) is 0 Å². The predicted molar refractivity (Wildman–Crippen MR) is 285 cm³/mol. The lowest BCUT2D eigenvalue weighted by molar-refractivity contribution is -0.154. The van der Waals surface area contributed by atoms with Gasteiger partial charge in [-0.15, -0.1) is 0 Å². The fraction of sp³-hybridized carbons (Fsp3) is 0.947. The summed E-state index contributed by atoms with van der Waals surface area (Å²) in [6.07, 6.45) is 47.3. The van der Waals surface area contributed by atoms with Gasteiger partial charge in [0.15, 0.2) is 0 Å². The van der Waals surface area contributed by atoms with Crippen molar-refractivity contribution >= 4 is 17.8 Å². The minimum Gasteiger partial charge on any atom is -0.466 e. The van der Waals surface area contributed by atoms with E-state index in [9.17, 15) is 14.4 Å². The summed E-state index contributed by atoms with van der Waals surface area (Å²) in [7, 11) is 0. The second-order valence-electron chi connectivity index (χ2n) is 20.3. The van der Waals surface area contributed by atoms with Crippen molar-refractivity contribution in [2.45, 2.75) is 277 Å². The Bertz CT molecular complexity index is 1050. The first-order valence-corrected chi connectivity index (χ1v) is 29.5. The summed E-state index contributed by atoms with van der Waals surface area (Å²) in [6.45, 7) is 15.2. The van der Waals surface area contributed by atoms with Crippen molar-refractivity contribution in [2.24, 2.45) is 0 Å². The molecule has 10 heteroatoms. The fourth-order valence-corrected chi connectivity index (χ4v) is 9.31. The maximum Gasteiger partial charge on any atom is 0.329 e. The molecule has 0 aliphatic carbocycles. The van der Waals surface area contributed by atoms with E-state index in [1.165, 1.54) is 199 Å². The number of ether oxygens (including phenoxy) is 2. The molecule has 10 nitrogen and oxygen atoms in total. The molecule has 1 aliphatic heterocycles. The van der Waals surface area contributed by atoms with Gasteiger partial charge in [-0.3, -0.25) is 9.59 Å². The van der Waals surface area contributed by atoms with Crippen molar-refractivity contribution in [3.05, 3.63) is 0 Å². The molecule has 0 aromatic heterocycles. The molecule has 4 N–H and O–H groups in total. The quantitative estimate of drug-likeness (QED) is 0.0349. The first-order chi connectivity index (χ1) is 33.1. The van der Waals surface area contributed by atoms with Crippen LogP contribution in [0.2, 0.25) is 0 Å². The molecule has 0 spiro atoms. The molecule has 0 radical (unpaired) electrons. The summed E-state index contributed by atoms with van der Waals surface area (Å²) in [5.41, 5.74) is 0.